The first-order chi connectivity index (χ1) is 18.8. The van der Waals surface area contributed by atoms with E-state index in [9.17, 15) is 4.79 Å². The van der Waals surface area contributed by atoms with E-state index < -0.39 is 5.60 Å². The summed E-state index contributed by atoms with van der Waals surface area (Å²) in [5.41, 5.74) is 4.09. The highest BCUT2D eigenvalue weighted by Gasteiger charge is 2.35. The molecule has 202 valence electrons. The summed E-state index contributed by atoms with van der Waals surface area (Å²) >= 11 is 0. The molecule has 1 heterocycles. The normalized spacial score (nSPS) is 17.7. The number of benzene rings is 4. The number of hydrogen-bond acceptors (Lipinski definition) is 4. The Morgan fingerprint density at radius 1 is 0.872 bits per heavy atom. The first-order valence-corrected chi connectivity index (χ1v) is 13.6. The number of hydrogen-bond donors (Lipinski definition) is 0. The number of likely N-dealkylation sites (tertiary alicyclic amines) is 1. The minimum absolute atomic E-state index is 0.155. The number of carbonyl (C=O) groups is 1. The van der Waals surface area contributed by atoms with Crippen molar-refractivity contribution >= 4 is 16.9 Å². The van der Waals surface area contributed by atoms with Crippen LogP contribution >= 0.6 is 0 Å². The van der Waals surface area contributed by atoms with Gasteiger partial charge in [-0.25, -0.2) is 4.79 Å². The van der Waals surface area contributed by atoms with Gasteiger partial charge in [0.15, 0.2) is 0 Å². The van der Waals surface area contributed by atoms with Crippen molar-refractivity contribution in [2.24, 2.45) is 0 Å². The molecule has 0 aromatic heterocycles. The van der Waals surface area contributed by atoms with Gasteiger partial charge in [0, 0.05) is 12.5 Å². The average molecular weight is 524 g/mol. The SMILES string of the molecule is COc1ccc(-c2cccc(C3CCN(C(=O)OC(C)(C)C)CC3OCc3ccc4ccccc4c3)c2)cc1. The summed E-state index contributed by atoms with van der Waals surface area (Å²) in [5.74, 6) is 0.994. The van der Waals surface area contributed by atoms with E-state index in [-0.39, 0.29) is 18.1 Å². The van der Waals surface area contributed by atoms with Crippen molar-refractivity contribution in [3.05, 3.63) is 102 Å². The van der Waals surface area contributed by atoms with E-state index in [4.69, 9.17) is 14.2 Å². The fourth-order valence-corrected chi connectivity index (χ4v) is 5.22. The summed E-state index contributed by atoms with van der Waals surface area (Å²) in [6.45, 7) is 7.29. The van der Waals surface area contributed by atoms with Gasteiger partial charge in [-0.2, -0.15) is 0 Å². The van der Waals surface area contributed by atoms with Crippen LogP contribution in [0.15, 0.2) is 91.0 Å². The van der Waals surface area contributed by atoms with E-state index in [2.05, 4.69) is 78.9 Å². The van der Waals surface area contributed by atoms with Gasteiger partial charge in [0.05, 0.1) is 26.4 Å². The number of piperidine rings is 1. The summed E-state index contributed by atoms with van der Waals surface area (Å²) < 4.78 is 17.6. The average Bonchev–Trinajstić information content (AvgIpc) is 2.95. The Labute approximate surface area is 231 Å². The molecule has 39 heavy (non-hydrogen) atoms. The Morgan fingerprint density at radius 3 is 2.38 bits per heavy atom. The van der Waals surface area contributed by atoms with Crippen LogP contribution in [-0.2, 0) is 16.1 Å². The van der Waals surface area contributed by atoms with Gasteiger partial charge in [-0.15, -0.1) is 0 Å². The number of rotatable bonds is 6. The molecule has 0 radical (unpaired) electrons. The predicted molar refractivity (Wildman–Crippen MR) is 156 cm³/mol. The third-order valence-corrected chi connectivity index (χ3v) is 7.23. The number of amides is 1. The molecule has 1 saturated heterocycles. The highest BCUT2D eigenvalue weighted by atomic mass is 16.6. The van der Waals surface area contributed by atoms with Crippen LogP contribution < -0.4 is 4.74 Å². The Bertz CT molecular complexity index is 1420. The number of fused-ring (bicyclic) bond motifs is 1. The molecule has 0 spiro atoms. The molecule has 0 saturated carbocycles. The van der Waals surface area contributed by atoms with Crippen molar-refractivity contribution in [3.8, 4) is 16.9 Å². The Balaban J connectivity index is 1.39. The monoisotopic (exact) mass is 523 g/mol. The van der Waals surface area contributed by atoms with Gasteiger partial charge in [-0.1, -0.05) is 72.8 Å². The van der Waals surface area contributed by atoms with Crippen LogP contribution in [0.3, 0.4) is 0 Å². The summed E-state index contributed by atoms with van der Waals surface area (Å²) in [4.78, 5) is 14.7. The predicted octanol–water partition coefficient (Wildman–Crippen LogP) is 7.83. The van der Waals surface area contributed by atoms with E-state index >= 15 is 0 Å². The second kappa shape index (κ2) is 11.5. The highest BCUT2D eigenvalue weighted by Crippen LogP contribution is 2.34. The fraction of sp³-hybridized carbons (Fsp3) is 0.324. The maximum atomic E-state index is 13.0. The third kappa shape index (κ3) is 6.61. The van der Waals surface area contributed by atoms with Crippen molar-refractivity contribution in [2.75, 3.05) is 20.2 Å². The lowest BCUT2D eigenvalue weighted by Crippen LogP contribution is -2.48. The molecule has 2 atom stereocenters. The van der Waals surface area contributed by atoms with Crippen LogP contribution in [0.4, 0.5) is 4.79 Å². The van der Waals surface area contributed by atoms with E-state index in [1.807, 2.05) is 32.9 Å². The van der Waals surface area contributed by atoms with Crippen molar-refractivity contribution < 1.29 is 19.0 Å². The molecule has 0 aliphatic carbocycles. The Hall–Kier alpha value is -3.83. The second-order valence-corrected chi connectivity index (χ2v) is 11.2. The summed E-state index contributed by atoms with van der Waals surface area (Å²) in [6.07, 6.45) is 0.351. The fourth-order valence-electron chi connectivity index (χ4n) is 5.22. The number of carbonyl (C=O) groups excluding carboxylic acids is 1. The van der Waals surface area contributed by atoms with Crippen LogP contribution in [0.1, 0.15) is 44.2 Å². The molecule has 1 aliphatic rings. The van der Waals surface area contributed by atoms with Crippen LogP contribution in [-0.4, -0.2) is 42.9 Å². The van der Waals surface area contributed by atoms with Gasteiger partial charge in [-0.05, 0) is 78.4 Å². The van der Waals surface area contributed by atoms with E-state index in [0.29, 0.717) is 19.7 Å². The van der Waals surface area contributed by atoms with E-state index in [1.54, 1.807) is 12.0 Å². The lowest BCUT2D eigenvalue weighted by molar-refractivity contribution is -0.0359. The Morgan fingerprint density at radius 2 is 1.64 bits per heavy atom. The standard InChI is InChI=1S/C34H37NO4/c1-34(2,3)39-33(36)35-19-18-31(29-11-7-10-28(21-29)26-14-16-30(37-4)17-15-26)32(22-35)38-23-24-12-13-25-8-5-6-9-27(25)20-24/h5-17,20-21,31-32H,18-19,22-23H2,1-4H3. The molecule has 4 aromatic rings. The van der Waals surface area contributed by atoms with Crippen molar-refractivity contribution in [1.82, 2.24) is 4.90 Å². The number of methoxy groups -OCH3 is 1. The maximum Gasteiger partial charge on any atom is 0.410 e. The zero-order chi connectivity index (χ0) is 27.4. The quantitative estimate of drug-likeness (QED) is 0.258. The molecule has 5 nitrogen and oxygen atoms in total. The molecule has 1 fully saturated rings. The molecule has 4 aromatic carbocycles. The minimum atomic E-state index is -0.540. The molecule has 1 amide bonds. The largest absolute Gasteiger partial charge is 0.497 e. The zero-order valence-corrected chi connectivity index (χ0v) is 23.2. The lowest BCUT2D eigenvalue weighted by Gasteiger charge is -2.39. The first kappa shape index (κ1) is 26.8. The van der Waals surface area contributed by atoms with Gasteiger partial charge < -0.3 is 19.1 Å². The van der Waals surface area contributed by atoms with Crippen molar-refractivity contribution in [3.63, 3.8) is 0 Å². The second-order valence-electron chi connectivity index (χ2n) is 11.2. The molecule has 5 rings (SSSR count). The molecule has 2 unspecified atom stereocenters. The van der Waals surface area contributed by atoms with Crippen LogP contribution in [0.2, 0.25) is 0 Å². The van der Waals surface area contributed by atoms with Gasteiger partial charge in [0.25, 0.3) is 0 Å². The minimum Gasteiger partial charge on any atom is -0.497 e. The lowest BCUT2D eigenvalue weighted by atomic mass is 9.85. The molecule has 0 bridgehead atoms. The highest BCUT2D eigenvalue weighted by molar-refractivity contribution is 5.83. The molecule has 0 N–H and O–H groups in total. The molecule has 5 heteroatoms. The van der Waals surface area contributed by atoms with E-state index in [0.717, 1.165) is 28.9 Å². The molecular formula is C34H37NO4. The van der Waals surface area contributed by atoms with Crippen LogP contribution in [0.5, 0.6) is 5.75 Å². The van der Waals surface area contributed by atoms with Gasteiger partial charge >= 0.3 is 6.09 Å². The van der Waals surface area contributed by atoms with Crippen molar-refractivity contribution in [2.45, 2.75) is 51.4 Å². The summed E-state index contributed by atoms with van der Waals surface area (Å²) in [5, 5.41) is 2.41. The van der Waals surface area contributed by atoms with Gasteiger partial charge in [0.2, 0.25) is 0 Å². The third-order valence-electron chi connectivity index (χ3n) is 7.23. The number of nitrogens with zero attached hydrogens (tertiary/aromatic N) is 1. The van der Waals surface area contributed by atoms with Crippen LogP contribution in [0.25, 0.3) is 21.9 Å². The van der Waals surface area contributed by atoms with Gasteiger partial charge in [0.1, 0.15) is 11.4 Å². The van der Waals surface area contributed by atoms with E-state index in [1.165, 1.54) is 16.3 Å². The molecule has 1 aliphatic heterocycles. The summed E-state index contributed by atoms with van der Waals surface area (Å²) in [6, 6.07) is 31.6. The zero-order valence-electron chi connectivity index (χ0n) is 23.2. The Kier molecular flexibility index (Phi) is 7.89. The van der Waals surface area contributed by atoms with Crippen LogP contribution in [0, 0.1) is 0 Å². The smallest absolute Gasteiger partial charge is 0.410 e. The molecular weight excluding hydrogens is 486 g/mol. The number of ether oxygens (including phenoxy) is 3. The van der Waals surface area contributed by atoms with Gasteiger partial charge in [-0.3, -0.25) is 0 Å². The summed E-state index contributed by atoms with van der Waals surface area (Å²) in [7, 11) is 1.68. The topological polar surface area (TPSA) is 48.0 Å². The maximum absolute atomic E-state index is 13.0. The first-order valence-electron chi connectivity index (χ1n) is 13.6. The van der Waals surface area contributed by atoms with Crippen molar-refractivity contribution in [1.29, 1.82) is 0 Å².